The van der Waals surface area contributed by atoms with Crippen LogP contribution in [0.1, 0.15) is 41.4 Å². The highest BCUT2D eigenvalue weighted by Crippen LogP contribution is 2.31. The van der Waals surface area contributed by atoms with E-state index < -0.39 is 0 Å². The minimum absolute atomic E-state index is 0.119. The van der Waals surface area contributed by atoms with E-state index in [1.165, 1.54) is 0 Å². The van der Waals surface area contributed by atoms with Crippen molar-refractivity contribution in [1.29, 1.82) is 0 Å². The van der Waals surface area contributed by atoms with E-state index in [4.69, 9.17) is 0 Å². The number of nitrogens with zero attached hydrogens (tertiary/aromatic N) is 5. The number of carbonyl (C=O) groups is 2. The molecule has 1 aliphatic heterocycles. The van der Waals surface area contributed by atoms with Crippen molar-refractivity contribution in [3.63, 3.8) is 0 Å². The molecule has 1 fully saturated rings. The van der Waals surface area contributed by atoms with Crippen molar-refractivity contribution < 1.29 is 9.59 Å². The van der Waals surface area contributed by atoms with E-state index in [1.54, 1.807) is 11.7 Å². The van der Waals surface area contributed by atoms with Gasteiger partial charge in [0.15, 0.2) is 0 Å². The summed E-state index contributed by atoms with van der Waals surface area (Å²) in [5.74, 6) is -0.366. The number of pyridine rings is 1. The topological polar surface area (TPSA) is 109 Å². The van der Waals surface area contributed by atoms with Crippen LogP contribution < -0.4 is 20.9 Å². The van der Waals surface area contributed by atoms with Crippen molar-refractivity contribution in [2.24, 2.45) is 7.05 Å². The molecule has 1 saturated heterocycles. The summed E-state index contributed by atoms with van der Waals surface area (Å²) >= 11 is 0. The zero-order valence-electron chi connectivity index (χ0n) is 21.8. The van der Waals surface area contributed by atoms with Gasteiger partial charge in [-0.3, -0.25) is 14.3 Å². The van der Waals surface area contributed by atoms with E-state index in [0.717, 1.165) is 54.8 Å². The summed E-state index contributed by atoms with van der Waals surface area (Å²) in [4.78, 5) is 32.5. The van der Waals surface area contributed by atoms with Crippen LogP contribution in [-0.4, -0.2) is 63.7 Å². The molecule has 0 radical (unpaired) electrons. The van der Waals surface area contributed by atoms with Crippen LogP contribution in [0.5, 0.6) is 0 Å². The number of carbonyl (C=O) groups excluding carboxylic acids is 2. The number of imidazole rings is 1. The number of anilines is 2. The lowest BCUT2D eigenvalue weighted by atomic mass is 10.0. The molecule has 4 heterocycles. The third-order valence-corrected chi connectivity index (χ3v) is 6.98. The van der Waals surface area contributed by atoms with Crippen LogP contribution >= 0.6 is 0 Å². The third kappa shape index (κ3) is 5.01. The van der Waals surface area contributed by atoms with Gasteiger partial charge in [-0.1, -0.05) is 6.92 Å². The number of aryl methyl sites for hydroxylation is 2. The third-order valence-electron chi connectivity index (χ3n) is 6.98. The summed E-state index contributed by atoms with van der Waals surface area (Å²) in [6.45, 7) is 6.96. The second-order valence-electron chi connectivity index (χ2n) is 9.69. The molecule has 0 bridgehead atoms. The van der Waals surface area contributed by atoms with Crippen LogP contribution in [0, 0.1) is 6.92 Å². The highest BCUT2D eigenvalue weighted by atomic mass is 16.2. The SMILES string of the molecule is CCNC1CCN(c2ccc(C(=O)Nc3cc(CC(=O)NC)c4nc(C)cn4c3)c3nn(C)cc23)CC1. The Morgan fingerprint density at radius 2 is 1.92 bits per heavy atom. The maximum Gasteiger partial charge on any atom is 0.257 e. The van der Waals surface area contributed by atoms with Gasteiger partial charge in [0.05, 0.1) is 23.4 Å². The fourth-order valence-electron chi connectivity index (χ4n) is 5.23. The number of hydrogen-bond acceptors (Lipinski definition) is 6. The summed E-state index contributed by atoms with van der Waals surface area (Å²) in [6, 6.07) is 6.27. The summed E-state index contributed by atoms with van der Waals surface area (Å²) < 4.78 is 3.61. The van der Waals surface area contributed by atoms with Crippen LogP contribution in [0.2, 0.25) is 0 Å². The normalized spacial score (nSPS) is 14.4. The van der Waals surface area contributed by atoms with Crippen LogP contribution in [-0.2, 0) is 18.3 Å². The van der Waals surface area contributed by atoms with Crippen LogP contribution in [0.15, 0.2) is 36.8 Å². The number of hydrogen-bond donors (Lipinski definition) is 3. The minimum Gasteiger partial charge on any atom is -0.371 e. The Bertz CT molecular complexity index is 1460. The predicted octanol–water partition coefficient (Wildman–Crippen LogP) is 2.65. The number of benzene rings is 1. The Balaban J connectivity index is 1.44. The summed E-state index contributed by atoms with van der Waals surface area (Å²) in [7, 11) is 3.48. The van der Waals surface area contributed by atoms with Gasteiger partial charge in [0.1, 0.15) is 11.2 Å². The second-order valence-corrected chi connectivity index (χ2v) is 9.69. The zero-order valence-corrected chi connectivity index (χ0v) is 21.8. The number of fused-ring (bicyclic) bond motifs is 2. The molecular weight excluding hydrogens is 468 g/mol. The maximum absolute atomic E-state index is 13.5. The fraction of sp³-hybridized carbons (Fsp3) is 0.407. The molecule has 194 valence electrons. The minimum atomic E-state index is -0.247. The predicted molar refractivity (Wildman–Crippen MR) is 145 cm³/mol. The summed E-state index contributed by atoms with van der Waals surface area (Å²) in [6.07, 6.45) is 8.03. The molecule has 5 rings (SSSR count). The highest BCUT2D eigenvalue weighted by molar-refractivity contribution is 6.14. The lowest BCUT2D eigenvalue weighted by Gasteiger charge is -2.34. The molecular formula is C27H34N8O2. The van der Waals surface area contributed by atoms with Gasteiger partial charge in [0.25, 0.3) is 5.91 Å². The van der Waals surface area contributed by atoms with Gasteiger partial charge in [-0.2, -0.15) is 5.10 Å². The quantitative estimate of drug-likeness (QED) is 0.359. The Morgan fingerprint density at radius 3 is 2.65 bits per heavy atom. The van der Waals surface area contributed by atoms with E-state index in [1.807, 2.05) is 55.2 Å². The average Bonchev–Trinajstić information content (AvgIpc) is 3.45. The highest BCUT2D eigenvalue weighted by Gasteiger charge is 2.23. The molecule has 10 heteroatoms. The summed E-state index contributed by atoms with van der Waals surface area (Å²) in [5.41, 5.74) is 5.17. The standard InChI is InChI=1S/C27H34N8O2/c1-5-29-19-8-10-34(11-9-19)23-7-6-21(25-22(23)16-33(4)32-25)27(37)31-20-12-18(13-24(36)28-3)26-30-17(2)14-35(26)15-20/h6-7,12,14-16,19,29H,5,8-11,13H2,1-4H3,(H,28,36)(H,31,37). The van der Waals surface area contributed by atoms with E-state index >= 15 is 0 Å². The first-order chi connectivity index (χ1) is 17.9. The van der Waals surface area contributed by atoms with Crippen LogP contribution in [0.4, 0.5) is 11.4 Å². The Morgan fingerprint density at radius 1 is 1.14 bits per heavy atom. The molecule has 0 unspecified atom stereocenters. The first-order valence-electron chi connectivity index (χ1n) is 12.8. The van der Waals surface area contributed by atoms with Crippen LogP contribution in [0.25, 0.3) is 16.6 Å². The Kier molecular flexibility index (Phi) is 6.84. The number of rotatable bonds is 7. The van der Waals surface area contributed by atoms with Gasteiger partial charge in [0, 0.05) is 68.5 Å². The van der Waals surface area contributed by atoms with Gasteiger partial charge in [0.2, 0.25) is 5.91 Å². The van der Waals surface area contributed by atoms with Crippen molar-refractivity contribution in [2.75, 3.05) is 36.9 Å². The molecule has 0 saturated carbocycles. The lowest BCUT2D eigenvalue weighted by Crippen LogP contribution is -2.42. The van der Waals surface area contributed by atoms with E-state index in [0.29, 0.717) is 28.5 Å². The fourth-order valence-corrected chi connectivity index (χ4v) is 5.23. The van der Waals surface area contributed by atoms with Crippen molar-refractivity contribution in [2.45, 2.75) is 39.2 Å². The molecule has 0 spiro atoms. The van der Waals surface area contributed by atoms with Crippen LogP contribution in [0.3, 0.4) is 0 Å². The molecule has 10 nitrogen and oxygen atoms in total. The summed E-state index contributed by atoms with van der Waals surface area (Å²) in [5, 5.41) is 14.8. The molecule has 4 aromatic rings. The molecule has 2 amide bonds. The molecule has 3 N–H and O–H groups in total. The van der Waals surface area contributed by atoms with Gasteiger partial charge < -0.3 is 25.3 Å². The van der Waals surface area contributed by atoms with E-state index in [2.05, 4.69) is 37.9 Å². The molecule has 3 aromatic heterocycles. The van der Waals surface area contributed by atoms with Gasteiger partial charge >= 0.3 is 0 Å². The molecule has 1 aromatic carbocycles. The molecule has 37 heavy (non-hydrogen) atoms. The molecule has 0 atom stereocenters. The average molecular weight is 503 g/mol. The van der Waals surface area contributed by atoms with E-state index in [-0.39, 0.29) is 18.2 Å². The number of likely N-dealkylation sites (N-methyl/N-ethyl adjacent to an activating group) is 1. The number of piperidine rings is 1. The first-order valence-corrected chi connectivity index (χ1v) is 12.8. The lowest BCUT2D eigenvalue weighted by molar-refractivity contribution is -0.119. The van der Waals surface area contributed by atoms with E-state index in [9.17, 15) is 9.59 Å². The number of nitrogens with one attached hydrogen (secondary N) is 3. The Hall–Kier alpha value is -3.92. The number of amides is 2. The van der Waals surface area contributed by atoms with Gasteiger partial charge in [-0.15, -0.1) is 0 Å². The van der Waals surface area contributed by atoms with Crippen molar-refractivity contribution >= 4 is 39.7 Å². The molecule has 1 aliphatic rings. The smallest absolute Gasteiger partial charge is 0.257 e. The first kappa shape index (κ1) is 24.8. The second kappa shape index (κ2) is 10.2. The maximum atomic E-state index is 13.5. The van der Waals surface area contributed by atoms with Gasteiger partial charge in [-0.25, -0.2) is 4.98 Å². The van der Waals surface area contributed by atoms with Crippen molar-refractivity contribution in [1.82, 2.24) is 29.8 Å². The van der Waals surface area contributed by atoms with Crippen molar-refractivity contribution in [3.05, 3.63) is 53.6 Å². The zero-order chi connectivity index (χ0) is 26.1. The monoisotopic (exact) mass is 502 g/mol. The number of aromatic nitrogens is 4. The van der Waals surface area contributed by atoms with Gasteiger partial charge in [-0.05, 0) is 44.5 Å². The molecule has 0 aliphatic carbocycles. The van der Waals surface area contributed by atoms with Crippen molar-refractivity contribution in [3.8, 4) is 0 Å². The largest absolute Gasteiger partial charge is 0.371 e. The Labute approximate surface area is 216 Å².